The number of nitrogens with two attached hydrogens (primary N) is 1. The molecule has 15 heavy (non-hydrogen) atoms. The monoisotopic (exact) mass is 291 g/mol. The molecule has 0 aromatic heterocycles. The van der Waals surface area contributed by atoms with Gasteiger partial charge < -0.3 is 10.5 Å². The number of rotatable bonds is 4. The van der Waals surface area contributed by atoms with E-state index in [-0.39, 0.29) is 12.1 Å². The highest BCUT2D eigenvalue weighted by atomic mass is 79.9. The number of methoxy groups -OCH3 is 1. The zero-order valence-electron chi connectivity index (χ0n) is 8.84. The van der Waals surface area contributed by atoms with Gasteiger partial charge in [0.15, 0.2) is 0 Å². The van der Waals surface area contributed by atoms with Crippen LogP contribution >= 0.6 is 27.5 Å². The molecule has 0 saturated carbocycles. The van der Waals surface area contributed by atoms with E-state index in [2.05, 4.69) is 15.9 Å². The summed E-state index contributed by atoms with van der Waals surface area (Å²) >= 11 is 9.46. The van der Waals surface area contributed by atoms with E-state index in [1.165, 1.54) is 0 Å². The molecule has 1 rings (SSSR count). The van der Waals surface area contributed by atoms with Crippen molar-refractivity contribution in [3.8, 4) is 0 Å². The van der Waals surface area contributed by atoms with E-state index >= 15 is 0 Å². The van der Waals surface area contributed by atoms with E-state index in [0.717, 1.165) is 21.5 Å². The highest BCUT2D eigenvalue weighted by molar-refractivity contribution is 9.10. The number of halogens is 2. The van der Waals surface area contributed by atoms with Crippen molar-refractivity contribution < 1.29 is 4.74 Å². The lowest BCUT2D eigenvalue weighted by atomic mass is 10.0. The maximum Gasteiger partial charge on any atom is 0.0697 e. The first kappa shape index (κ1) is 13.0. The minimum absolute atomic E-state index is 0.0321. The molecule has 2 unspecified atom stereocenters. The van der Waals surface area contributed by atoms with Gasteiger partial charge in [-0.1, -0.05) is 33.6 Å². The molecule has 0 aliphatic carbocycles. The van der Waals surface area contributed by atoms with Gasteiger partial charge in [0.25, 0.3) is 0 Å². The Bertz CT molecular complexity index is 332. The second kappa shape index (κ2) is 5.85. The summed E-state index contributed by atoms with van der Waals surface area (Å²) in [5.41, 5.74) is 7.02. The highest BCUT2D eigenvalue weighted by Gasteiger charge is 2.13. The summed E-state index contributed by atoms with van der Waals surface area (Å²) in [6.07, 6.45) is 0.755. The molecule has 2 N–H and O–H groups in total. The summed E-state index contributed by atoms with van der Waals surface area (Å²) < 4.78 is 6.15. The van der Waals surface area contributed by atoms with Gasteiger partial charge in [-0.25, -0.2) is 0 Å². The topological polar surface area (TPSA) is 35.2 Å². The van der Waals surface area contributed by atoms with Gasteiger partial charge in [-0.05, 0) is 31.0 Å². The predicted molar refractivity (Wildman–Crippen MR) is 67.3 cm³/mol. The fourth-order valence-electron chi connectivity index (χ4n) is 1.28. The van der Waals surface area contributed by atoms with Gasteiger partial charge in [0.2, 0.25) is 0 Å². The molecule has 0 aliphatic heterocycles. The molecule has 1 aromatic carbocycles. The molecule has 0 bridgehead atoms. The number of benzene rings is 1. The Morgan fingerprint density at radius 3 is 2.73 bits per heavy atom. The van der Waals surface area contributed by atoms with Crippen molar-refractivity contribution in [2.24, 2.45) is 5.73 Å². The number of hydrogen-bond donors (Lipinski definition) is 1. The zero-order chi connectivity index (χ0) is 11.4. The van der Waals surface area contributed by atoms with Crippen molar-refractivity contribution in [1.29, 1.82) is 0 Å². The lowest BCUT2D eigenvalue weighted by Gasteiger charge is -2.18. The predicted octanol–water partition coefficient (Wildman–Crippen LogP) is 3.01. The third-order valence-electron chi connectivity index (χ3n) is 2.45. The van der Waals surface area contributed by atoms with Crippen molar-refractivity contribution in [2.75, 3.05) is 7.11 Å². The number of hydrogen-bond acceptors (Lipinski definition) is 2. The Morgan fingerprint density at radius 1 is 1.53 bits per heavy atom. The van der Waals surface area contributed by atoms with Gasteiger partial charge in [0.05, 0.1) is 6.10 Å². The average Bonchev–Trinajstić information content (AvgIpc) is 2.20. The molecule has 4 heteroatoms. The normalized spacial score (nSPS) is 15.0. The molecular weight excluding hydrogens is 277 g/mol. The average molecular weight is 293 g/mol. The Kier molecular flexibility index (Phi) is 5.06. The van der Waals surface area contributed by atoms with E-state index in [0.29, 0.717) is 0 Å². The van der Waals surface area contributed by atoms with Crippen molar-refractivity contribution in [3.05, 3.63) is 33.3 Å². The van der Waals surface area contributed by atoms with E-state index in [1.807, 2.05) is 25.1 Å². The quantitative estimate of drug-likeness (QED) is 0.926. The van der Waals surface area contributed by atoms with Crippen LogP contribution in [0.2, 0.25) is 5.02 Å². The van der Waals surface area contributed by atoms with Crippen LogP contribution in [-0.2, 0) is 11.2 Å². The van der Waals surface area contributed by atoms with Crippen LogP contribution in [0.5, 0.6) is 0 Å². The molecule has 2 nitrogen and oxygen atoms in total. The van der Waals surface area contributed by atoms with Crippen molar-refractivity contribution in [2.45, 2.75) is 25.5 Å². The van der Waals surface area contributed by atoms with Crippen molar-refractivity contribution >= 4 is 27.5 Å². The third kappa shape index (κ3) is 3.76. The van der Waals surface area contributed by atoms with Crippen LogP contribution in [0, 0.1) is 0 Å². The van der Waals surface area contributed by atoms with E-state index in [4.69, 9.17) is 22.1 Å². The molecule has 0 radical (unpaired) electrons. The van der Waals surface area contributed by atoms with Gasteiger partial charge in [0.1, 0.15) is 0 Å². The second-order valence-electron chi connectivity index (χ2n) is 3.54. The Hall–Kier alpha value is -0.0900. The van der Waals surface area contributed by atoms with Gasteiger partial charge in [-0.15, -0.1) is 0 Å². The van der Waals surface area contributed by atoms with Crippen LogP contribution in [0.4, 0.5) is 0 Å². The Balaban J connectivity index is 2.72. The van der Waals surface area contributed by atoms with E-state index < -0.39 is 0 Å². The summed E-state index contributed by atoms with van der Waals surface area (Å²) in [5.74, 6) is 0. The van der Waals surface area contributed by atoms with Gasteiger partial charge in [-0.2, -0.15) is 0 Å². The van der Waals surface area contributed by atoms with Crippen LogP contribution in [0.3, 0.4) is 0 Å². The molecule has 84 valence electrons. The largest absolute Gasteiger partial charge is 0.380 e. The van der Waals surface area contributed by atoms with Crippen LogP contribution in [0.15, 0.2) is 22.7 Å². The molecule has 0 spiro atoms. The molecule has 0 fully saturated rings. The van der Waals surface area contributed by atoms with E-state index in [1.54, 1.807) is 7.11 Å². The van der Waals surface area contributed by atoms with Gasteiger partial charge in [-0.3, -0.25) is 0 Å². The lowest BCUT2D eigenvalue weighted by molar-refractivity contribution is 0.0956. The minimum atomic E-state index is -0.0336. The second-order valence-corrected chi connectivity index (χ2v) is 4.87. The van der Waals surface area contributed by atoms with Crippen molar-refractivity contribution in [3.63, 3.8) is 0 Å². The van der Waals surface area contributed by atoms with Crippen LogP contribution in [0.1, 0.15) is 12.5 Å². The Labute approximate surface area is 104 Å². The molecule has 0 aliphatic rings. The standard InChI is InChI=1S/C11H15BrClNO/c1-7(15-2)11(14)5-8-3-4-9(12)6-10(8)13/h3-4,6-7,11H,5,14H2,1-2H3. The molecule has 0 heterocycles. The minimum Gasteiger partial charge on any atom is -0.380 e. The first-order chi connectivity index (χ1) is 7.04. The van der Waals surface area contributed by atoms with Crippen LogP contribution in [-0.4, -0.2) is 19.3 Å². The lowest BCUT2D eigenvalue weighted by Crippen LogP contribution is -2.35. The van der Waals surface area contributed by atoms with Crippen molar-refractivity contribution in [1.82, 2.24) is 0 Å². The maximum absolute atomic E-state index is 6.10. The molecule has 2 atom stereocenters. The summed E-state index contributed by atoms with van der Waals surface area (Å²) in [5, 5.41) is 0.739. The van der Waals surface area contributed by atoms with Crippen LogP contribution in [0.25, 0.3) is 0 Å². The smallest absolute Gasteiger partial charge is 0.0697 e. The Morgan fingerprint density at radius 2 is 2.20 bits per heavy atom. The summed E-state index contributed by atoms with van der Waals surface area (Å²) in [4.78, 5) is 0. The van der Waals surface area contributed by atoms with Gasteiger partial charge >= 0.3 is 0 Å². The zero-order valence-corrected chi connectivity index (χ0v) is 11.2. The van der Waals surface area contributed by atoms with Crippen LogP contribution < -0.4 is 5.73 Å². The fourth-order valence-corrected chi connectivity index (χ4v) is 2.03. The summed E-state index contributed by atoms with van der Waals surface area (Å²) in [6.45, 7) is 1.96. The first-order valence-corrected chi connectivity index (χ1v) is 5.94. The third-order valence-corrected chi connectivity index (χ3v) is 3.29. The fraction of sp³-hybridized carbons (Fsp3) is 0.455. The SMILES string of the molecule is COC(C)C(N)Cc1ccc(Br)cc1Cl. The van der Waals surface area contributed by atoms with E-state index in [9.17, 15) is 0 Å². The number of ether oxygens (including phenoxy) is 1. The molecule has 0 saturated heterocycles. The highest BCUT2D eigenvalue weighted by Crippen LogP contribution is 2.22. The summed E-state index contributed by atoms with van der Waals surface area (Å²) in [6, 6.07) is 5.79. The first-order valence-electron chi connectivity index (χ1n) is 4.77. The van der Waals surface area contributed by atoms with Gasteiger partial charge in [0, 0.05) is 22.6 Å². The molecule has 0 amide bonds. The maximum atomic E-state index is 6.10. The molecular formula is C11H15BrClNO. The molecule has 1 aromatic rings. The summed E-state index contributed by atoms with van der Waals surface area (Å²) in [7, 11) is 1.66.